The number of fused-ring (bicyclic) bond motifs is 2. The molecule has 156 valence electrons. The third-order valence-corrected chi connectivity index (χ3v) is 6.20. The zero-order chi connectivity index (χ0) is 21.4. The molecule has 0 unspecified atom stereocenters. The molecular formula is C27H27N3O. The van der Waals surface area contributed by atoms with E-state index in [0.29, 0.717) is 0 Å². The van der Waals surface area contributed by atoms with E-state index < -0.39 is 0 Å². The number of nitrogens with zero attached hydrogens (tertiary/aromatic N) is 1. The van der Waals surface area contributed by atoms with Crippen molar-refractivity contribution in [1.82, 2.24) is 5.32 Å². The molecule has 4 nitrogen and oxygen atoms in total. The second kappa shape index (κ2) is 8.05. The van der Waals surface area contributed by atoms with Gasteiger partial charge in [-0.25, -0.2) is 0 Å². The molecule has 4 aromatic carbocycles. The number of anilines is 2. The first-order valence-electron chi connectivity index (χ1n) is 10.9. The highest BCUT2D eigenvalue weighted by Gasteiger charge is 2.24. The molecule has 1 amide bonds. The summed E-state index contributed by atoms with van der Waals surface area (Å²) in [5.41, 5.74) is 4.21. The number of hydrogen-bond donors (Lipinski definition) is 2. The Hall–Kier alpha value is -3.37. The summed E-state index contributed by atoms with van der Waals surface area (Å²) >= 11 is 0. The Labute approximate surface area is 182 Å². The average Bonchev–Trinajstić information content (AvgIpc) is 3.33. The van der Waals surface area contributed by atoms with Gasteiger partial charge in [0.15, 0.2) is 0 Å². The van der Waals surface area contributed by atoms with E-state index in [4.69, 9.17) is 0 Å². The number of hydrogen-bond acceptors (Lipinski definition) is 3. The van der Waals surface area contributed by atoms with Crippen molar-refractivity contribution in [3.8, 4) is 11.1 Å². The standard InChI is InChI=1S/C27H27N3O/c1-30(2)24-16-14-19-9-4-6-11-21(19)26(24)25-20-10-5-3-8-18(20)13-15-22(25)29-27(31)23-12-7-17-28-23/h3-6,8-11,13-16,23,28H,7,12,17H2,1-2H3,(H,29,31)/t23-/m0/s1. The molecule has 0 radical (unpaired) electrons. The zero-order valence-corrected chi connectivity index (χ0v) is 18.0. The second-order valence-electron chi connectivity index (χ2n) is 8.42. The fraction of sp³-hybridized carbons (Fsp3) is 0.222. The van der Waals surface area contributed by atoms with Crippen LogP contribution in [0.2, 0.25) is 0 Å². The molecule has 4 heteroatoms. The Balaban J connectivity index is 1.79. The number of carbonyl (C=O) groups excluding carboxylic acids is 1. The monoisotopic (exact) mass is 409 g/mol. The van der Waals surface area contributed by atoms with Crippen molar-refractivity contribution in [2.45, 2.75) is 18.9 Å². The van der Waals surface area contributed by atoms with Gasteiger partial charge in [-0.15, -0.1) is 0 Å². The van der Waals surface area contributed by atoms with E-state index in [1.165, 1.54) is 10.8 Å². The van der Waals surface area contributed by atoms with E-state index in [-0.39, 0.29) is 11.9 Å². The normalized spacial score (nSPS) is 16.0. The minimum absolute atomic E-state index is 0.0423. The van der Waals surface area contributed by atoms with Crippen molar-refractivity contribution >= 4 is 38.8 Å². The molecule has 0 spiro atoms. The SMILES string of the molecule is CN(C)c1ccc2ccccc2c1-c1c(NC(=O)[C@@H]2CCCN2)ccc2ccccc12. The predicted octanol–water partition coefficient (Wildman–Crippen LogP) is 5.42. The molecule has 1 aliphatic heterocycles. The summed E-state index contributed by atoms with van der Waals surface area (Å²) in [5, 5.41) is 11.2. The van der Waals surface area contributed by atoms with E-state index >= 15 is 0 Å². The lowest BCUT2D eigenvalue weighted by atomic mass is 9.90. The Morgan fingerprint density at radius 1 is 0.871 bits per heavy atom. The van der Waals surface area contributed by atoms with E-state index in [1.807, 2.05) is 6.07 Å². The molecule has 1 aliphatic rings. The highest BCUT2D eigenvalue weighted by Crippen LogP contribution is 2.44. The Morgan fingerprint density at radius 2 is 1.52 bits per heavy atom. The van der Waals surface area contributed by atoms with Crippen LogP contribution in [0.1, 0.15) is 12.8 Å². The molecule has 31 heavy (non-hydrogen) atoms. The van der Waals surface area contributed by atoms with Gasteiger partial charge in [-0.3, -0.25) is 4.79 Å². The molecule has 0 aromatic heterocycles. The summed E-state index contributed by atoms with van der Waals surface area (Å²) < 4.78 is 0. The molecule has 5 rings (SSSR count). The molecule has 0 bridgehead atoms. The van der Waals surface area contributed by atoms with Crippen molar-refractivity contribution < 1.29 is 4.79 Å². The molecule has 0 aliphatic carbocycles. The van der Waals surface area contributed by atoms with Gasteiger partial charge in [0.2, 0.25) is 5.91 Å². The highest BCUT2D eigenvalue weighted by molar-refractivity contribution is 6.15. The van der Waals surface area contributed by atoms with E-state index in [2.05, 4.69) is 96.4 Å². The van der Waals surface area contributed by atoms with Crippen molar-refractivity contribution in [3.05, 3.63) is 72.8 Å². The maximum atomic E-state index is 13.0. The third kappa shape index (κ3) is 3.53. The van der Waals surface area contributed by atoms with Crippen LogP contribution in [0.25, 0.3) is 32.7 Å². The van der Waals surface area contributed by atoms with Crippen molar-refractivity contribution in [3.63, 3.8) is 0 Å². The van der Waals surface area contributed by atoms with Crippen molar-refractivity contribution in [1.29, 1.82) is 0 Å². The Kier molecular flexibility index (Phi) is 5.08. The highest BCUT2D eigenvalue weighted by atomic mass is 16.2. The summed E-state index contributed by atoms with van der Waals surface area (Å²) in [7, 11) is 4.14. The van der Waals surface area contributed by atoms with Crippen LogP contribution < -0.4 is 15.5 Å². The number of amides is 1. The average molecular weight is 410 g/mol. The number of nitrogens with one attached hydrogen (secondary N) is 2. The van der Waals surface area contributed by atoms with Crippen LogP contribution >= 0.6 is 0 Å². The summed E-state index contributed by atoms with van der Waals surface area (Å²) in [5.74, 6) is 0.0423. The quantitative estimate of drug-likeness (QED) is 0.473. The molecule has 0 saturated carbocycles. The van der Waals surface area contributed by atoms with Gasteiger partial charge in [0.1, 0.15) is 0 Å². The second-order valence-corrected chi connectivity index (χ2v) is 8.42. The summed E-state index contributed by atoms with van der Waals surface area (Å²) in [6.45, 7) is 0.900. The van der Waals surface area contributed by atoms with E-state index in [9.17, 15) is 4.79 Å². The van der Waals surface area contributed by atoms with Gasteiger partial charge in [0, 0.05) is 36.6 Å². The smallest absolute Gasteiger partial charge is 0.241 e. The van der Waals surface area contributed by atoms with Gasteiger partial charge >= 0.3 is 0 Å². The van der Waals surface area contributed by atoms with Gasteiger partial charge in [-0.05, 0) is 53.1 Å². The van der Waals surface area contributed by atoms with Gasteiger partial charge in [-0.2, -0.15) is 0 Å². The topological polar surface area (TPSA) is 44.4 Å². The molecule has 1 fully saturated rings. The van der Waals surface area contributed by atoms with E-state index in [1.54, 1.807) is 0 Å². The van der Waals surface area contributed by atoms with Gasteiger partial charge in [-0.1, -0.05) is 60.7 Å². The lowest BCUT2D eigenvalue weighted by Crippen LogP contribution is -2.35. The van der Waals surface area contributed by atoms with Crippen LogP contribution in [0.4, 0.5) is 11.4 Å². The number of rotatable bonds is 4. The first-order valence-corrected chi connectivity index (χ1v) is 10.9. The molecule has 1 atom stereocenters. The third-order valence-electron chi connectivity index (χ3n) is 6.20. The molecular weight excluding hydrogens is 382 g/mol. The number of carbonyl (C=O) groups is 1. The minimum Gasteiger partial charge on any atom is -0.377 e. The lowest BCUT2D eigenvalue weighted by Gasteiger charge is -2.23. The van der Waals surface area contributed by atoms with E-state index in [0.717, 1.165) is 52.7 Å². The van der Waals surface area contributed by atoms with Crippen LogP contribution in [0.3, 0.4) is 0 Å². The lowest BCUT2D eigenvalue weighted by molar-refractivity contribution is -0.117. The molecule has 1 heterocycles. The van der Waals surface area contributed by atoms with Crippen LogP contribution in [-0.4, -0.2) is 32.6 Å². The summed E-state index contributed by atoms with van der Waals surface area (Å²) in [4.78, 5) is 15.2. The maximum Gasteiger partial charge on any atom is 0.241 e. The predicted molar refractivity (Wildman–Crippen MR) is 131 cm³/mol. The van der Waals surface area contributed by atoms with Gasteiger partial charge < -0.3 is 15.5 Å². The van der Waals surface area contributed by atoms with Crippen LogP contribution in [0, 0.1) is 0 Å². The van der Waals surface area contributed by atoms with Crippen molar-refractivity contribution in [2.24, 2.45) is 0 Å². The zero-order valence-electron chi connectivity index (χ0n) is 18.0. The fourth-order valence-electron chi connectivity index (χ4n) is 4.67. The van der Waals surface area contributed by atoms with Crippen LogP contribution in [0.15, 0.2) is 72.8 Å². The Bertz CT molecular complexity index is 1270. The maximum absolute atomic E-state index is 13.0. The summed E-state index contributed by atoms with van der Waals surface area (Å²) in [6.07, 6.45) is 1.92. The van der Waals surface area contributed by atoms with Gasteiger partial charge in [0.05, 0.1) is 6.04 Å². The van der Waals surface area contributed by atoms with Gasteiger partial charge in [0.25, 0.3) is 0 Å². The molecule has 4 aromatic rings. The van der Waals surface area contributed by atoms with Crippen LogP contribution in [-0.2, 0) is 4.79 Å². The fourth-order valence-corrected chi connectivity index (χ4v) is 4.67. The molecule has 2 N–H and O–H groups in total. The number of benzene rings is 4. The Morgan fingerprint density at radius 3 is 2.16 bits per heavy atom. The minimum atomic E-state index is -0.125. The largest absolute Gasteiger partial charge is 0.377 e. The first-order chi connectivity index (χ1) is 15.1. The van der Waals surface area contributed by atoms with Crippen LogP contribution in [0.5, 0.6) is 0 Å². The summed E-state index contributed by atoms with van der Waals surface area (Å²) in [6, 6.07) is 25.2. The molecule has 1 saturated heterocycles. The first kappa shape index (κ1) is 19.6. The van der Waals surface area contributed by atoms with Crippen molar-refractivity contribution in [2.75, 3.05) is 30.9 Å².